The third kappa shape index (κ3) is 5.11. The minimum atomic E-state index is -0.196. The minimum absolute atomic E-state index is 0.196. The molecule has 0 aliphatic heterocycles. The monoisotopic (exact) mass is 415 g/mol. The fraction of sp³-hybridized carbons (Fsp3) is 0.556. The van der Waals surface area contributed by atoms with Crippen molar-refractivity contribution in [2.24, 2.45) is 0 Å². The van der Waals surface area contributed by atoms with Crippen molar-refractivity contribution in [2.45, 2.75) is 63.4 Å². The Bertz CT molecular complexity index is 537. The van der Waals surface area contributed by atoms with Crippen LogP contribution in [0.5, 0.6) is 0 Å². The Hall–Kier alpha value is -0.850. The molecule has 0 aliphatic carbocycles. The molecule has 0 amide bonds. The van der Waals surface area contributed by atoms with Crippen LogP contribution in [0.1, 0.15) is 52.4 Å². The van der Waals surface area contributed by atoms with Crippen LogP contribution in [-0.2, 0) is 6.54 Å². The van der Waals surface area contributed by atoms with Crippen molar-refractivity contribution in [3.05, 3.63) is 30.3 Å². The zero-order valence-corrected chi connectivity index (χ0v) is 16.1. The van der Waals surface area contributed by atoms with Gasteiger partial charge < -0.3 is 0 Å². The summed E-state index contributed by atoms with van der Waals surface area (Å²) in [5.74, 6) is 0. The van der Waals surface area contributed by atoms with Gasteiger partial charge in [0.1, 0.15) is 0 Å². The molecule has 0 fully saturated rings. The quantitative estimate of drug-likeness (QED) is 0.435. The zero-order valence-electron chi connectivity index (χ0n) is 13.8. The predicted octanol–water partition coefficient (Wildman–Crippen LogP) is 4.07. The van der Waals surface area contributed by atoms with Gasteiger partial charge in [0.15, 0.2) is 0 Å². The van der Waals surface area contributed by atoms with Gasteiger partial charge in [-0.1, -0.05) is 0 Å². The van der Waals surface area contributed by atoms with Gasteiger partial charge in [0.05, 0.1) is 0 Å². The van der Waals surface area contributed by atoms with Crippen LogP contribution in [-0.4, -0.2) is 35.9 Å². The fourth-order valence-electron chi connectivity index (χ4n) is 2.37. The van der Waals surface area contributed by atoms with Crippen LogP contribution in [0.15, 0.2) is 30.3 Å². The summed E-state index contributed by atoms with van der Waals surface area (Å²) in [4.78, 5) is 0. The van der Waals surface area contributed by atoms with E-state index >= 15 is 0 Å². The van der Waals surface area contributed by atoms with E-state index in [1.807, 2.05) is 0 Å². The maximum absolute atomic E-state index is 4.51. The third-order valence-electron chi connectivity index (χ3n) is 3.70. The van der Waals surface area contributed by atoms with Crippen molar-refractivity contribution in [3.63, 3.8) is 0 Å². The molecule has 0 unspecified atom stereocenters. The molecule has 0 atom stereocenters. The molecule has 1 aromatic carbocycles. The van der Waals surface area contributed by atoms with Crippen LogP contribution in [0.2, 0.25) is 4.47 Å². The maximum atomic E-state index is 4.51. The van der Waals surface area contributed by atoms with Crippen LogP contribution in [0.25, 0.3) is 11.3 Å². The van der Waals surface area contributed by atoms with E-state index in [0.29, 0.717) is 0 Å². The molecule has 1 heterocycles. The molecule has 0 saturated carbocycles. The number of benzene rings is 1. The first-order valence-corrected chi connectivity index (χ1v) is 11.3. The molecule has 0 spiro atoms. The van der Waals surface area contributed by atoms with E-state index < -0.39 is 0 Å². The molecule has 2 aromatic rings. The summed E-state index contributed by atoms with van der Waals surface area (Å²) in [6.07, 6.45) is 7.73. The van der Waals surface area contributed by atoms with E-state index in [1.54, 1.807) is 0 Å². The molecule has 4 heteroatoms. The van der Waals surface area contributed by atoms with Crippen molar-refractivity contribution >= 4 is 24.7 Å². The van der Waals surface area contributed by atoms with Crippen LogP contribution in [0, 0.1) is 0 Å². The molecule has 0 saturated heterocycles. The molecule has 0 aliphatic rings. The van der Waals surface area contributed by atoms with Crippen LogP contribution in [0.3, 0.4) is 0 Å². The average molecular weight is 413 g/mol. The summed E-state index contributed by atoms with van der Waals surface area (Å²) in [7, 11) is 0. The summed E-state index contributed by atoms with van der Waals surface area (Å²) >= 11 is -0.196. The van der Waals surface area contributed by atoms with E-state index in [4.69, 9.17) is 0 Å². The van der Waals surface area contributed by atoms with Gasteiger partial charge in [-0.15, -0.1) is 0 Å². The molecule has 0 bridgehead atoms. The topological polar surface area (TPSA) is 30.7 Å². The first-order valence-electron chi connectivity index (χ1n) is 8.48. The normalized spacial score (nSPS) is 11.0. The number of aromatic nitrogens is 3. The number of rotatable bonds is 10. The van der Waals surface area contributed by atoms with Crippen molar-refractivity contribution < 1.29 is 0 Å². The number of aryl methyl sites for hydroxylation is 1. The van der Waals surface area contributed by atoms with Gasteiger partial charge in [0, 0.05) is 0 Å². The Labute approximate surface area is 144 Å². The second-order valence-corrected chi connectivity index (χ2v) is 8.69. The van der Waals surface area contributed by atoms with Gasteiger partial charge in [0.2, 0.25) is 0 Å². The Morgan fingerprint density at radius 1 is 0.955 bits per heavy atom. The molecular weight excluding hydrogens is 386 g/mol. The van der Waals surface area contributed by atoms with Crippen LogP contribution in [0.4, 0.5) is 0 Å². The van der Waals surface area contributed by atoms with E-state index in [9.17, 15) is 0 Å². The molecule has 3 nitrogen and oxygen atoms in total. The summed E-state index contributed by atoms with van der Waals surface area (Å²) in [5, 5.41) is 8.98. The number of nitrogens with zero attached hydrogens (tertiary/aromatic N) is 3. The zero-order chi connectivity index (χ0) is 15.6. The first-order chi connectivity index (χ1) is 10.9. The van der Waals surface area contributed by atoms with Gasteiger partial charge in [-0.25, -0.2) is 0 Å². The summed E-state index contributed by atoms with van der Waals surface area (Å²) in [6, 6.07) is 10.5. The Morgan fingerprint density at radius 3 is 2.45 bits per heavy atom. The van der Waals surface area contributed by atoms with Gasteiger partial charge in [0.25, 0.3) is 0 Å². The van der Waals surface area contributed by atoms with Crippen LogP contribution < -0.4 is 3.74 Å². The van der Waals surface area contributed by atoms with E-state index in [1.165, 1.54) is 52.3 Å². The van der Waals surface area contributed by atoms with Gasteiger partial charge in [-0.2, -0.15) is 0 Å². The predicted molar refractivity (Wildman–Crippen MR) is 94.7 cm³/mol. The molecule has 0 N–H and O–H groups in total. The van der Waals surface area contributed by atoms with Gasteiger partial charge in [-0.3, -0.25) is 0 Å². The summed E-state index contributed by atoms with van der Waals surface area (Å²) in [6.45, 7) is 5.56. The van der Waals surface area contributed by atoms with E-state index in [0.717, 1.165) is 12.2 Å². The van der Waals surface area contributed by atoms with Crippen molar-refractivity contribution in [1.82, 2.24) is 15.0 Å². The number of unbranched alkanes of at least 4 members (excludes halogenated alkanes) is 4. The molecule has 0 radical (unpaired) electrons. The summed E-state index contributed by atoms with van der Waals surface area (Å²) in [5.41, 5.74) is 2.36. The molecule has 22 heavy (non-hydrogen) atoms. The van der Waals surface area contributed by atoms with Crippen molar-refractivity contribution in [1.29, 1.82) is 0 Å². The van der Waals surface area contributed by atoms with Crippen molar-refractivity contribution in [2.75, 3.05) is 0 Å². The second kappa shape index (κ2) is 10.0. The van der Waals surface area contributed by atoms with Gasteiger partial charge in [-0.05, 0) is 0 Å². The average Bonchev–Trinajstić information content (AvgIpc) is 2.96. The number of hydrogen-bond acceptors (Lipinski definition) is 2. The number of hydrogen-bond donors (Lipinski definition) is 0. The SMILES string of the molecule is CCCCCCn1nnc(-c2ccccc2)c1[Te]CCCC. The fourth-order valence-corrected chi connectivity index (χ4v) is 5.79. The Morgan fingerprint density at radius 2 is 1.73 bits per heavy atom. The molecular formula is C18H27N3Te. The standard InChI is InChI=1S/C18H27N3Te/c1-3-5-7-11-14-21-18(22-15-6-4-2)17(19-20-21)16-12-9-8-10-13-16/h8-10,12-13H,3-7,11,14-15H2,1-2H3. The summed E-state index contributed by atoms with van der Waals surface area (Å²) < 4.78 is 5.00. The van der Waals surface area contributed by atoms with Gasteiger partial charge >= 0.3 is 145 Å². The molecule has 1 aromatic heterocycles. The van der Waals surface area contributed by atoms with E-state index in [-0.39, 0.29) is 20.9 Å². The Balaban J connectivity index is 2.12. The second-order valence-electron chi connectivity index (χ2n) is 5.60. The van der Waals surface area contributed by atoms with Crippen molar-refractivity contribution in [3.8, 4) is 11.3 Å². The molecule has 120 valence electrons. The third-order valence-corrected chi connectivity index (χ3v) is 7.04. The Kier molecular flexibility index (Phi) is 7.98. The van der Waals surface area contributed by atoms with E-state index in [2.05, 4.69) is 59.2 Å². The van der Waals surface area contributed by atoms with Crippen LogP contribution >= 0.6 is 0 Å². The molecule has 2 rings (SSSR count). The first kappa shape index (κ1) is 17.5.